The van der Waals surface area contributed by atoms with E-state index in [1.165, 1.54) is 16.9 Å². The van der Waals surface area contributed by atoms with E-state index in [1.807, 2.05) is 13.0 Å². The maximum Gasteiger partial charge on any atom is 0.128 e. The second kappa shape index (κ2) is 5.50. The topological polar surface area (TPSA) is 42.4 Å². The Labute approximate surface area is 111 Å². The molecule has 2 rings (SSSR count). The summed E-state index contributed by atoms with van der Waals surface area (Å²) < 4.78 is 5.40. The fourth-order valence-corrected chi connectivity index (χ4v) is 2.74. The molecule has 3 nitrogen and oxygen atoms in total. The molecule has 0 saturated heterocycles. The number of hydrogen-bond donors (Lipinski definition) is 1. The third kappa shape index (κ3) is 2.40. The molecule has 96 valence electrons. The SMILES string of the molecule is CCc1ccc(OC)c(-c2nc(CO)sc2C)c1. The van der Waals surface area contributed by atoms with Crippen molar-refractivity contribution in [1.82, 2.24) is 4.98 Å². The number of hydrogen-bond acceptors (Lipinski definition) is 4. The third-order valence-electron chi connectivity index (χ3n) is 2.90. The lowest BCUT2D eigenvalue weighted by molar-refractivity contribution is 0.281. The molecule has 0 aliphatic rings. The molecule has 4 heteroatoms. The molecule has 1 aromatic carbocycles. The third-order valence-corrected chi connectivity index (χ3v) is 3.86. The summed E-state index contributed by atoms with van der Waals surface area (Å²) in [6.45, 7) is 4.13. The summed E-state index contributed by atoms with van der Waals surface area (Å²) >= 11 is 1.53. The van der Waals surface area contributed by atoms with Crippen LogP contribution in [0, 0.1) is 6.92 Å². The van der Waals surface area contributed by atoms with Gasteiger partial charge in [0, 0.05) is 10.4 Å². The Balaban J connectivity index is 2.56. The Morgan fingerprint density at radius 3 is 2.72 bits per heavy atom. The van der Waals surface area contributed by atoms with E-state index in [4.69, 9.17) is 9.84 Å². The van der Waals surface area contributed by atoms with Gasteiger partial charge in [-0.2, -0.15) is 0 Å². The van der Waals surface area contributed by atoms with Crippen LogP contribution in [0.3, 0.4) is 0 Å². The lowest BCUT2D eigenvalue weighted by atomic mass is 10.0. The Hall–Kier alpha value is -1.39. The first-order chi connectivity index (χ1) is 8.69. The van der Waals surface area contributed by atoms with Gasteiger partial charge < -0.3 is 9.84 Å². The largest absolute Gasteiger partial charge is 0.496 e. The van der Waals surface area contributed by atoms with Crippen molar-refractivity contribution in [1.29, 1.82) is 0 Å². The van der Waals surface area contributed by atoms with Gasteiger partial charge in [-0.25, -0.2) is 4.98 Å². The van der Waals surface area contributed by atoms with Crippen LogP contribution in [-0.4, -0.2) is 17.2 Å². The fourth-order valence-electron chi connectivity index (χ4n) is 1.93. The highest BCUT2D eigenvalue weighted by atomic mass is 32.1. The van der Waals surface area contributed by atoms with E-state index < -0.39 is 0 Å². The summed E-state index contributed by atoms with van der Waals surface area (Å²) in [6, 6.07) is 6.16. The van der Waals surface area contributed by atoms with Crippen molar-refractivity contribution >= 4 is 11.3 Å². The van der Waals surface area contributed by atoms with Crippen LogP contribution in [-0.2, 0) is 13.0 Å². The van der Waals surface area contributed by atoms with E-state index in [-0.39, 0.29) is 6.61 Å². The van der Waals surface area contributed by atoms with Crippen molar-refractivity contribution in [2.75, 3.05) is 7.11 Å². The number of nitrogens with zero attached hydrogens (tertiary/aromatic N) is 1. The number of aliphatic hydroxyl groups is 1. The first kappa shape index (κ1) is 13.1. The smallest absolute Gasteiger partial charge is 0.128 e. The van der Waals surface area contributed by atoms with Crippen LogP contribution in [0.4, 0.5) is 0 Å². The number of rotatable bonds is 4. The molecule has 1 N–H and O–H groups in total. The minimum absolute atomic E-state index is 0.0126. The zero-order chi connectivity index (χ0) is 13.1. The van der Waals surface area contributed by atoms with E-state index in [0.717, 1.165) is 33.3 Å². The van der Waals surface area contributed by atoms with Crippen LogP contribution in [0.1, 0.15) is 22.4 Å². The van der Waals surface area contributed by atoms with Gasteiger partial charge in [-0.05, 0) is 31.0 Å². The number of benzene rings is 1. The summed E-state index contributed by atoms with van der Waals surface area (Å²) in [5.74, 6) is 0.824. The van der Waals surface area contributed by atoms with E-state index in [2.05, 4.69) is 24.0 Å². The number of ether oxygens (including phenoxy) is 1. The lowest BCUT2D eigenvalue weighted by Crippen LogP contribution is -1.92. The summed E-state index contributed by atoms with van der Waals surface area (Å²) in [7, 11) is 1.67. The van der Waals surface area contributed by atoms with Gasteiger partial charge in [0.25, 0.3) is 0 Å². The molecule has 18 heavy (non-hydrogen) atoms. The quantitative estimate of drug-likeness (QED) is 0.921. The van der Waals surface area contributed by atoms with Gasteiger partial charge in [-0.1, -0.05) is 13.0 Å². The molecule has 0 aliphatic carbocycles. The van der Waals surface area contributed by atoms with Crippen molar-refractivity contribution in [3.63, 3.8) is 0 Å². The van der Waals surface area contributed by atoms with E-state index in [9.17, 15) is 0 Å². The predicted octanol–water partition coefficient (Wildman–Crippen LogP) is 3.18. The first-order valence-corrected chi connectivity index (χ1v) is 6.75. The molecule has 0 amide bonds. The molecule has 0 fully saturated rings. The van der Waals surface area contributed by atoms with Crippen molar-refractivity contribution in [2.45, 2.75) is 26.9 Å². The van der Waals surface area contributed by atoms with Gasteiger partial charge in [0.05, 0.1) is 19.4 Å². The zero-order valence-corrected chi connectivity index (χ0v) is 11.7. The maximum absolute atomic E-state index is 9.17. The second-order valence-corrected chi connectivity index (χ2v) is 5.35. The number of thiazole rings is 1. The fraction of sp³-hybridized carbons (Fsp3) is 0.357. The molecule has 0 saturated carbocycles. The van der Waals surface area contributed by atoms with Crippen molar-refractivity contribution in [2.24, 2.45) is 0 Å². The Bertz CT molecular complexity index is 549. The Morgan fingerprint density at radius 2 is 2.17 bits per heavy atom. The molecule has 0 spiro atoms. The van der Waals surface area contributed by atoms with Gasteiger partial charge in [-0.3, -0.25) is 0 Å². The summed E-state index contributed by atoms with van der Waals surface area (Å²) in [5.41, 5.74) is 3.17. The molecule has 0 atom stereocenters. The minimum Gasteiger partial charge on any atom is -0.496 e. The number of aliphatic hydroxyl groups excluding tert-OH is 1. The molecule has 1 heterocycles. The number of methoxy groups -OCH3 is 1. The summed E-state index contributed by atoms with van der Waals surface area (Å²) in [5, 5.41) is 9.91. The molecule has 1 aromatic heterocycles. The molecule has 0 aliphatic heterocycles. The lowest BCUT2D eigenvalue weighted by Gasteiger charge is -2.09. The van der Waals surface area contributed by atoms with Gasteiger partial charge in [0.1, 0.15) is 10.8 Å². The molecular weight excluding hydrogens is 246 g/mol. The van der Waals surface area contributed by atoms with Gasteiger partial charge >= 0.3 is 0 Å². The average molecular weight is 263 g/mol. The van der Waals surface area contributed by atoms with Gasteiger partial charge in [0.15, 0.2) is 0 Å². The average Bonchev–Trinajstić information content (AvgIpc) is 2.79. The summed E-state index contributed by atoms with van der Waals surface area (Å²) in [6.07, 6.45) is 0.979. The highest BCUT2D eigenvalue weighted by Gasteiger charge is 2.14. The van der Waals surface area contributed by atoms with Gasteiger partial charge in [0.2, 0.25) is 0 Å². The minimum atomic E-state index is -0.0126. The van der Waals surface area contributed by atoms with E-state index in [0.29, 0.717) is 0 Å². The molecule has 0 bridgehead atoms. The molecular formula is C14H17NO2S. The molecule has 2 aromatic rings. The van der Waals surface area contributed by atoms with Crippen LogP contribution in [0.2, 0.25) is 0 Å². The van der Waals surface area contributed by atoms with Crippen LogP contribution in [0.15, 0.2) is 18.2 Å². The highest BCUT2D eigenvalue weighted by Crippen LogP contribution is 2.35. The molecule has 0 unspecified atom stereocenters. The van der Waals surface area contributed by atoms with Crippen molar-refractivity contribution in [3.8, 4) is 17.0 Å². The van der Waals surface area contributed by atoms with Crippen LogP contribution in [0.25, 0.3) is 11.3 Å². The maximum atomic E-state index is 9.17. The molecule has 0 radical (unpaired) electrons. The first-order valence-electron chi connectivity index (χ1n) is 5.94. The number of aryl methyl sites for hydroxylation is 2. The van der Waals surface area contributed by atoms with E-state index >= 15 is 0 Å². The Kier molecular flexibility index (Phi) is 3.99. The Morgan fingerprint density at radius 1 is 1.39 bits per heavy atom. The van der Waals surface area contributed by atoms with Crippen LogP contribution in [0.5, 0.6) is 5.75 Å². The van der Waals surface area contributed by atoms with Gasteiger partial charge in [-0.15, -0.1) is 11.3 Å². The standard InChI is InChI=1S/C14H17NO2S/c1-4-10-5-6-12(17-3)11(7-10)14-9(2)18-13(8-16)15-14/h5-7,16H,4,8H2,1-3H3. The van der Waals surface area contributed by atoms with Crippen LogP contribution < -0.4 is 4.74 Å². The predicted molar refractivity (Wildman–Crippen MR) is 74.1 cm³/mol. The monoisotopic (exact) mass is 263 g/mol. The normalized spacial score (nSPS) is 10.7. The second-order valence-electron chi connectivity index (χ2n) is 4.06. The highest BCUT2D eigenvalue weighted by molar-refractivity contribution is 7.12. The van der Waals surface area contributed by atoms with Crippen molar-refractivity contribution in [3.05, 3.63) is 33.6 Å². The number of aromatic nitrogens is 1. The van der Waals surface area contributed by atoms with Crippen LogP contribution >= 0.6 is 11.3 Å². The van der Waals surface area contributed by atoms with E-state index in [1.54, 1.807) is 7.11 Å². The summed E-state index contributed by atoms with van der Waals surface area (Å²) in [4.78, 5) is 5.57. The van der Waals surface area contributed by atoms with Crippen molar-refractivity contribution < 1.29 is 9.84 Å². The zero-order valence-electron chi connectivity index (χ0n) is 10.9.